The number of aromatic nitrogens is 1. The molecule has 0 aliphatic heterocycles. The summed E-state index contributed by atoms with van der Waals surface area (Å²) in [5.41, 5.74) is 6.99. The molecule has 0 aliphatic carbocycles. The smallest absolute Gasteiger partial charge is 0.0534 e. The molecule has 6 aromatic rings. The fourth-order valence-corrected chi connectivity index (χ4v) is 4.51. The molecule has 0 saturated heterocycles. The van der Waals surface area contributed by atoms with Gasteiger partial charge in [0.2, 0.25) is 0 Å². The van der Waals surface area contributed by atoms with Crippen molar-refractivity contribution in [3.05, 3.63) is 152 Å². The first-order valence-corrected chi connectivity index (χ1v) is 12.0. The van der Waals surface area contributed by atoms with Crippen LogP contribution in [0.25, 0.3) is 34.1 Å². The molecule has 0 aliphatic rings. The van der Waals surface area contributed by atoms with Crippen molar-refractivity contribution < 1.29 is 0 Å². The Hall–Kier alpha value is -4.82. The summed E-state index contributed by atoms with van der Waals surface area (Å²) in [7, 11) is 0. The van der Waals surface area contributed by atoms with Crippen molar-refractivity contribution in [3.63, 3.8) is 0 Å². The number of para-hydroxylation sites is 4. The van der Waals surface area contributed by atoms with Crippen LogP contribution in [0.15, 0.2) is 147 Å². The molecule has 0 unspecified atom stereocenters. The van der Waals surface area contributed by atoms with E-state index in [1.165, 1.54) is 21.8 Å². The molecule has 6 rings (SSSR count). The topological polar surface area (TPSA) is 8.17 Å². The Morgan fingerprint density at radius 1 is 0.472 bits per heavy atom. The number of fused-ring (bicyclic) bond motifs is 3. The van der Waals surface area contributed by atoms with E-state index in [0.29, 0.717) is 0 Å². The van der Waals surface area contributed by atoms with E-state index >= 15 is 0 Å². The second kappa shape index (κ2) is 10.6. The predicted octanol–water partition coefficient (Wildman–Crippen LogP) is 9.69. The monoisotopic (exact) mass is 464 g/mol. The Bertz CT molecular complexity index is 1500. The standard InChI is InChI=1S/C20H17N.C14H11N/c1-2-17-13-15-20(16-14-17)21(18-9-5-3-6-10-18)19-11-7-4-8-12-19;1-2-15-13-9-5-3-7-11(13)12-8-4-6-10-14(12)15/h2-16H,1H2;2-10H,1H2. The summed E-state index contributed by atoms with van der Waals surface area (Å²) in [6, 6.07) is 46.0. The zero-order valence-electron chi connectivity index (χ0n) is 20.2. The minimum Gasteiger partial charge on any atom is -0.317 e. The molecule has 0 amide bonds. The second-order valence-corrected chi connectivity index (χ2v) is 8.39. The van der Waals surface area contributed by atoms with E-state index in [-0.39, 0.29) is 0 Å². The SMILES string of the molecule is C=Cc1ccc(N(c2ccccc2)c2ccccc2)cc1.C=Cn1c2ccccc2c2ccccc21. The largest absolute Gasteiger partial charge is 0.317 e. The van der Waals surface area contributed by atoms with E-state index in [1.54, 1.807) is 0 Å². The van der Waals surface area contributed by atoms with Crippen LogP contribution in [0.2, 0.25) is 0 Å². The molecule has 0 N–H and O–H groups in total. The van der Waals surface area contributed by atoms with Gasteiger partial charge in [-0.05, 0) is 54.1 Å². The Kier molecular flexibility index (Phi) is 6.77. The lowest BCUT2D eigenvalue weighted by Gasteiger charge is -2.25. The van der Waals surface area contributed by atoms with Crippen LogP contribution in [0.1, 0.15) is 5.56 Å². The van der Waals surface area contributed by atoms with E-state index in [4.69, 9.17) is 0 Å². The highest BCUT2D eigenvalue weighted by Crippen LogP contribution is 2.34. The molecular weight excluding hydrogens is 436 g/mol. The van der Waals surface area contributed by atoms with Crippen molar-refractivity contribution in [2.45, 2.75) is 0 Å². The first-order chi connectivity index (χ1) is 17.8. The van der Waals surface area contributed by atoms with Crippen LogP contribution in [-0.4, -0.2) is 4.57 Å². The van der Waals surface area contributed by atoms with Gasteiger partial charge in [-0.1, -0.05) is 104 Å². The molecule has 1 heterocycles. The average molecular weight is 465 g/mol. The maximum absolute atomic E-state index is 3.87. The molecule has 174 valence electrons. The maximum Gasteiger partial charge on any atom is 0.0534 e. The van der Waals surface area contributed by atoms with Gasteiger partial charge >= 0.3 is 0 Å². The van der Waals surface area contributed by atoms with Gasteiger partial charge in [-0.2, -0.15) is 0 Å². The van der Waals surface area contributed by atoms with Crippen LogP contribution in [0, 0.1) is 0 Å². The summed E-state index contributed by atoms with van der Waals surface area (Å²) >= 11 is 0. The first kappa shape index (κ1) is 22.9. The van der Waals surface area contributed by atoms with Gasteiger partial charge in [0.15, 0.2) is 0 Å². The van der Waals surface area contributed by atoms with Crippen molar-refractivity contribution in [3.8, 4) is 0 Å². The first-order valence-electron chi connectivity index (χ1n) is 12.0. The lowest BCUT2D eigenvalue weighted by atomic mass is 10.1. The van der Waals surface area contributed by atoms with Gasteiger partial charge in [-0.25, -0.2) is 0 Å². The van der Waals surface area contributed by atoms with Crippen molar-refractivity contribution in [1.82, 2.24) is 4.57 Å². The molecule has 1 aromatic heterocycles. The minimum absolute atomic E-state index is 1.12. The van der Waals surface area contributed by atoms with Gasteiger partial charge in [0.05, 0.1) is 11.0 Å². The average Bonchev–Trinajstić information content (AvgIpc) is 3.29. The number of benzene rings is 5. The Balaban J connectivity index is 0.000000156. The van der Waals surface area contributed by atoms with Gasteiger partial charge < -0.3 is 9.47 Å². The lowest BCUT2D eigenvalue weighted by Crippen LogP contribution is -2.09. The van der Waals surface area contributed by atoms with Gasteiger partial charge in [0.25, 0.3) is 0 Å². The number of hydrogen-bond donors (Lipinski definition) is 0. The van der Waals surface area contributed by atoms with Gasteiger partial charge in [0.1, 0.15) is 0 Å². The van der Waals surface area contributed by atoms with E-state index in [9.17, 15) is 0 Å². The van der Waals surface area contributed by atoms with Crippen LogP contribution in [0.5, 0.6) is 0 Å². The third-order valence-corrected chi connectivity index (χ3v) is 6.22. The summed E-state index contributed by atoms with van der Waals surface area (Å²) in [4.78, 5) is 2.24. The molecule has 0 saturated carbocycles. The number of hydrogen-bond acceptors (Lipinski definition) is 1. The van der Waals surface area contributed by atoms with Gasteiger partial charge in [0, 0.05) is 34.0 Å². The zero-order chi connectivity index (χ0) is 24.7. The third-order valence-electron chi connectivity index (χ3n) is 6.22. The molecule has 5 aromatic carbocycles. The number of rotatable bonds is 5. The van der Waals surface area contributed by atoms with E-state index < -0.39 is 0 Å². The lowest BCUT2D eigenvalue weighted by molar-refractivity contribution is 1.28. The van der Waals surface area contributed by atoms with Crippen molar-refractivity contribution in [2.75, 3.05) is 4.90 Å². The molecule has 2 heteroatoms. The number of nitrogens with zero attached hydrogens (tertiary/aromatic N) is 2. The Morgan fingerprint density at radius 3 is 1.33 bits per heavy atom. The third kappa shape index (κ3) is 4.57. The van der Waals surface area contributed by atoms with Crippen LogP contribution in [-0.2, 0) is 0 Å². The summed E-state index contributed by atoms with van der Waals surface area (Å²) in [6.07, 6.45) is 3.73. The van der Waals surface area contributed by atoms with Gasteiger partial charge in [-0.15, -0.1) is 0 Å². The van der Waals surface area contributed by atoms with Crippen molar-refractivity contribution in [1.29, 1.82) is 0 Å². The highest BCUT2D eigenvalue weighted by atomic mass is 15.1. The van der Waals surface area contributed by atoms with Crippen molar-refractivity contribution >= 4 is 51.1 Å². The van der Waals surface area contributed by atoms with Crippen molar-refractivity contribution in [2.24, 2.45) is 0 Å². The number of anilines is 3. The van der Waals surface area contributed by atoms with E-state index in [0.717, 1.165) is 22.6 Å². The summed E-state index contributed by atoms with van der Waals surface area (Å²) in [6.45, 7) is 7.67. The molecular formula is C34H28N2. The highest BCUT2D eigenvalue weighted by Gasteiger charge is 2.11. The molecule has 0 fully saturated rings. The van der Waals surface area contributed by atoms with E-state index in [1.807, 2.05) is 24.4 Å². The molecule has 2 nitrogen and oxygen atoms in total. The molecule has 0 atom stereocenters. The Morgan fingerprint density at radius 2 is 0.889 bits per heavy atom. The zero-order valence-corrected chi connectivity index (χ0v) is 20.2. The normalized spacial score (nSPS) is 10.4. The fraction of sp³-hybridized carbons (Fsp3) is 0. The molecule has 36 heavy (non-hydrogen) atoms. The van der Waals surface area contributed by atoms with Crippen LogP contribution < -0.4 is 4.90 Å². The second-order valence-electron chi connectivity index (χ2n) is 8.39. The van der Waals surface area contributed by atoms with Crippen LogP contribution in [0.3, 0.4) is 0 Å². The quantitative estimate of drug-likeness (QED) is 0.246. The fourth-order valence-electron chi connectivity index (χ4n) is 4.51. The maximum atomic E-state index is 3.87. The molecule has 0 spiro atoms. The van der Waals surface area contributed by atoms with E-state index in [2.05, 4.69) is 144 Å². The molecule has 0 radical (unpaired) electrons. The van der Waals surface area contributed by atoms with Crippen LogP contribution in [0.4, 0.5) is 17.1 Å². The summed E-state index contributed by atoms with van der Waals surface area (Å²) < 4.78 is 2.13. The van der Waals surface area contributed by atoms with Gasteiger partial charge in [-0.3, -0.25) is 0 Å². The summed E-state index contributed by atoms with van der Waals surface area (Å²) in [5, 5.41) is 2.57. The minimum atomic E-state index is 1.12. The Labute approximate surface area is 212 Å². The molecule has 0 bridgehead atoms. The highest BCUT2D eigenvalue weighted by molar-refractivity contribution is 6.09. The van der Waals surface area contributed by atoms with Crippen LogP contribution >= 0.6 is 0 Å². The summed E-state index contributed by atoms with van der Waals surface area (Å²) in [5.74, 6) is 0. The predicted molar refractivity (Wildman–Crippen MR) is 157 cm³/mol.